The molecule has 104 valence electrons. The molecule has 0 saturated heterocycles. The van der Waals surface area contributed by atoms with E-state index in [0.29, 0.717) is 12.1 Å². The van der Waals surface area contributed by atoms with E-state index in [-0.39, 0.29) is 16.7 Å². The molecule has 4 nitrogen and oxygen atoms in total. The van der Waals surface area contributed by atoms with Crippen molar-refractivity contribution in [3.05, 3.63) is 73.3 Å². The second kappa shape index (κ2) is 6.81. The van der Waals surface area contributed by atoms with Crippen molar-refractivity contribution in [2.45, 2.75) is 19.5 Å². The molecule has 2 rings (SSSR count). The van der Waals surface area contributed by atoms with E-state index in [4.69, 9.17) is 0 Å². The number of nitro groups is 1. The lowest BCUT2D eigenvalue weighted by molar-refractivity contribution is -0.385. The summed E-state index contributed by atoms with van der Waals surface area (Å²) in [6, 6.07) is 15.2. The number of para-hydroxylation sites is 1. The maximum absolute atomic E-state index is 11.0. The zero-order chi connectivity index (χ0) is 14.5. The van der Waals surface area contributed by atoms with E-state index in [9.17, 15) is 10.1 Å². The van der Waals surface area contributed by atoms with E-state index in [0.717, 1.165) is 0 Å². The van der Waals surface area contributed by atoms with Crippen molar-refractivity contribution >= 4 is 28.3 Å². The number of nitrogens with one attached hydrogen (secondary N) is 1. The predicted molar refractivity (Wildman–Crippen MR) is 87.5 cm³/mol. The second-order valence-electron chi connectivity index (χ2n) is 4.54. The molecule has 0 heterocycles. The minimum Gasteiger partial charge on any atom is -0.306 e. The summed E-state index contributed by atoms with van der Waals surface area (Å²) in [4.78, 5) is 10.6. The molecule has 1 N–H and O–H groups in total. The Morgan fingerprint density at radius 3 is 2.50 bits per heavy atom. The summed E-state index contributed by atoms with van der Waals surface area (Å²) in [6.45, 7) is 2.53. The normalized spacial score (nSPS) is 12.1. The Morgan fingerprint density at radius 1 is 1.20 bits per heavy atom. The lowest BCUT2D eigenvalue weighted by atomic mass is 10.1. The van der Waals surface area contributed by atoms with Crippen molar-refractivity contribution in [1.82, 2.24) is 5.32 Å². The van der Waals surface area contributed by atoms with E-state index in [1.165, 1.54) is 15.2 Å². The van der Waals surface area contributed by atoms with Crippen LogP contribution in [0.15, 0.2) is 48.5 Å². The molecular formula is C15H15IN2O2. The number of rotatable bonds is 5. The van der Waals surface area contributed by atoms with Crippen molar-refractivity contribution < 1.29 is 4.92 Å². The third kappa shape index (κ3) is 3.77. The fourth-order valence-corrected chi connectivity index (χ4v) is 2.33. The number of nitrogens with zero attached hydrogens (tertiary/aromatic N) is 1. The van der Waals surface area contributed by atoms with Crippen molar-refractivity contribution in [2.75, 3.05) is 0 Å². The molecule has 2 aromatic rings. The smallest absolute Gasteiger partial charge is 0.273 e. The van der Waals surface area contributed by atoms with E-state index in [1.807, 2.05) is 6.07 Å². The number of halogens is 1. The lowest BCUT2D eigenvalue weighted by Crippen LogP contribution is -2.18. The highest BCUT2D eigenvalue weighted by Gasteiger charge is 2.13. The van der Waals surface area contributed by atoms with Crippen LogP contribution in [0.5, 0.6) is 0 Å². The van der Waals surface area contributed by atoms with Crippen LogP contribution in [0, 0.1) is 13.7 Å². The van der Waals surface area contributed by atoms with Crippen molar-refractivity contribution in [2.24, 2.45) is 0 Å². The summed E-state index contributed by atoms with van der Waals surface area (Å²) in [7, 11) is 0. The minimum absolute atomic E-state index is 0.145. The molecule has 0 fully saturated rings. The van der Waals surface area contributed by atoms with Gasteiger partial charge in [-0.2, -0.15) is 0 Å². The van der Waals surface area contributed by atoms with Crippen molar-refractivity contribution in [1.29, 1.82) is 0 Å². The molecule has 20 heavy (non-hydrogen) atoms. The minimum atomic E-state index is -0.341. The SMILES string of the molecule is CC(NCc1ccccc1[N+](=O)[O-])c1ccc(I)cc1. The molecular weight excluding hydrogens is 367 g/mol. The molecule has 1 atom stereocenters. The predicted octanol–water partition coefficient (Wildman–Crippen LogP) is 4.05. The van der Waals surface area contributed by atoms with Gasteiger partial charge >= 0.3 is 0 Å². The van der Waals surface area contributed by atoms with Crippen LogP contribution in [0.3, 0.4) is 0 Å². The first-order chi connectivity index (χ1) is 9.58. The highest BCUT2D eigenvalue weighted by Crippen LogP contribution is 2.19. The first kappa shape index (κ1) is 14.9. The molecule has 0 aliphatic rings. The monoisotopic (exact) mass is 382 g/mol. The first-order valence-electron chi connectivity index (χ1n) is 6.29. The average Bonchev–Trinajstić information content (AvgIpc) is 2.45. The van der Waals surface area contributed by atoms with Crippen molar-refractivity contribution in [3.8, 4) is 0 Å². The van der Waals surface area contributed by atoms with Crippen LogP contribution < -0.4 is 5.32 Å². The summed E-state index contributed by atoms with van der Waals surface area (Å²) in [5.74, 6) is 0. The molecule has 1 unspecified atom stereocenters. The van der Waals surface area contributed by atoms with Gasteiger partial charge in [0.2, 0.25) is 0 Å². The Balaban J connectivity index is 2.05. The molecule has 0 bridgehead atoms. The van der Waals surface area contributed by atoms with Gasteiger partial charge in [0, 0.05) is 27.8 Å². The molecule has 0 saturated carbocycles. The summed E-state index contributed by atoms with van der Waals surface area (Å²) < 4.78 is 1.19. The average molecular weight is 382 g/mol. The fraction of sp³-hybridized carbons (Fsp3) is 0.200. The summed E-state index contributed by atoms with van der Waals surface area (Å²) >= 11 is 2.27. The standard InChI is InChI=1S/C15H15IN2O2/c1-11(12-6-8-14(16)9-7-12)17-10-13-4-2-3-5-15(13)18(19)20/h2-9,11,17H,10H2,1H3. The molecule has 0 aliphatic heterocycles. The topological polar surface area (TPSA) is 55.2 Å². The van der Waals surface area contributed by atoms with Gasteiger partial charge in [-0.15, -0.1) is 0 Å². The largest absolute Gasteiger partial charge is 0.306 e. The number of nitro benzene ring substituents is 1. The van der Waals surface area contributed by atoms with Crippen LogP contribution in [-0.4, -0.2) is 4.92 Å². The van der Waals surface area contributed by atoms with E-state index < -0.39 is 0 Å². The van der Waals surface area contributed by atoms with Gasteiger partial charge in [0.05, 0.1) is 4.92 Å². The fourth-order valence-electron chi connectivity index (χ4n) is 1.97. The molecule has 0 spiro atoms. The Kier molecular flexibility index (Phi) is 5.08. The molecule has 0 radical (unpaired) electrons. The third-order valence-electron chi connectivity index (χ3n) is 3.16. The Labute approximate surface area is 131 Å². The van der Waals surface area contributed by atoms with Gasteiger partial charge in [0.15, 0.2) is 0 Å². The van der Waals surface area contributed by atoms with E-state index >= 15 is 0 Å². The van der Waals surface area contributed by atoms with Crippen LogP contribution in [0.25, 0.3) is 0 Å². The van der Waals surface area contributed by atoms with Gasteiger partial charge in [0.25, 0.3) is 5.69 Å². The van der Waals surface area contributed by atoms with Crippen LogP contribution in [0.2, 0.25) is 0 Å². The van der Waals surface area contributed by atoms with Gasteiger partial charge in [-0.25, -0.2) is 0 Å². The van der Waals surface area contributed by atoms with Crippen LogP contribution in [-0.2, 0) is 6.54 Å². The molecule has 5 heteroatoms. The Bertz CT molecular complexity index is 599. The molecule has 2 aromatic carbocycles. The lowest BCUT2D eigenvalue weighted by Gasteiger charge is -2.14. The molecule has 0 aromatic heterocycles. The van der Waals surface area contributed by atoms with Gasteiger partial charge in [-0.3, -0.25) is 10.1 Å². The highest BCUT2D eigenvalue weighted by atomic mass is 127. The number of hydrogen-bond acceptors (Lipinski definition) is 3. The van der Waals surface area contributed by atoms with Gasteiger partial charge < -0.3 is 5.32 Å². The summed E-state index contributed by atoms with van der Waals surface area (Å²) in [6.07, 6.45) is 0. The summed E-state index contributed by atoms with van der Waals surface area (Å²) in [5, 5.41) is 14.3. The third-order valence-corrected chi connectivity index (χ3v) is 3.88. The molecule has 0 aliphatic carbocycles. The van der Waals surface area contributed by atoms with Crippen LogP contribution in [0.1, 0.15) is 24.1 Å². The maximum atomic E-state index is 11.0. The van der Waals surface area contributed by atoms with Crippen LogP contribution >= 0.6 is 22.6 Å². The zero-order valence-electron chi connectivity index (χ0n) is 11.0. The number of benzene rings is 2. The Hall–Kier alpha value is -1.47. The van der Waals surface area contributed by atoms with E-state index in [2.05, 4.69) is 59.1 Å². The van der Waals surface area contributed by atoms with Crippen LogP contribution in [0.4, 0.5) is 5.69 Å². The number of hydrogen-bond donors (Lipinski definition) is 1. The van der Waals surface area contributed by atoms with Gasteiger partial charge in [0.1, 0.15) is 0 Å². The maximum Gasteiger partial charge on any atom is 0.273 e. The first-order valence-corrected chi connectivity index (χ1v) is 7.37. The van der Waals surface area contributed by atoms with Gasteiger partial charge in [-0.1, -0.05) is 30.3 Å². The zero-order valence-corrected chi connectivity index (χ0v) is 13.2. The van der Waals surface area contributed by atoms with Crippen molar-refractivity contribution in [3.63, 3.8) is 0 Å². The highest BCUT2D eigenvalue weighted by molar-refractivity contribution is 14.1. The summed E-state index contributed by atoms with van der Waals surface area (Å²) in [5.41, 5.74) is 2.04. The molecule has 0 amide bonds. The van der Waals surface area contributed by atoms with Gasteiger partial charge in [-0.05, 0) is 47.2 Å². The van der Waals surface area contributed by atoms with E-state index in [1.54, 1.807) is 12.1 Å². The second-order valence-corrected chi connectivity index (χ2v) is 5.79. The Morgan fingerprint density at radius 2 is 1.85 bits per heavy atom. The quantitative estimate of drug-likeness (QED) is 0.482.